The summed E-state index contributed by atoms with van der Waals surface area (Å²) < 4.78 is 8.99. The number of hydrogen-bond donors (Lipinski definition) is 0. The third-order valence-corrected chi connectivity index (χ3v) is 1.86. The standard InChI is InChI=1S/C10H9NO3/c1-7-3-2-4-8(5-7)6-9-11-14-10(12)13-9/h2-5H,6H2,1H3. The van der Waals surface area contributed by atoms with Crippen molar-refractivity contribution in [2.24, 2.45) is 0 Å². The fourth-order valence-corrected chi connectivity index (χ4v) is 1.29. The largest absolute Gasteiger partial charge is 0.542 e. The van der Waals surface area contributed by atoms with E-state index >= 15 is 0 Å². The molecule has 4 nitrogen and oxygen atoms in total. The second-order valence-corrected chi connectivity index (χ2v) is 3.09. The lowest BCUT2D eigenvalue weighted by atomic mass is 10.1. The van der Waals surface area contributed by atoms with Gasteiger partial charge in [0.2, 0.25) is 5.89 Å². The summed E-state index contributed by atoms with van der Waals surface area (Å²) in [6, 6.07) is 7.90. The molecule has 1 aromatic carbocycles. The van der Waals surface area contributed by atoms with Crippen molar-refractivity contribution in [3.8, 4) is 0 Å². The van der Waals surface area contributed by atoms with E-state index in [1.54, 1.807) is 0 Å². The van der Waals surface area contributed by atoms with Gasteiger partial charge in [0.15, 0.2) is 0 Å². The molecule has 0 spiro atoms. The van der Waals surface area contributed by atoms with E-state index in [1.165, 1.54) is 0 Å². The Bertz CT molecular complexity index is 484. The van der Waals surface area contributed by atoms with Crippen molar-refractivity contribution < 1.29 is 8.94 Å². The van der Waals surface area contributed by atoms with Gasteiger partial charge in [-0.15, -0.1) is 0 Å². The van der Waals surface area contributed by atoms with Crippen LogP contribution in [0, 0.1) is 6.92 Å². The Hall–Kier alpha value is -1.84. The molecule has 2 aromatic rings. The Morgan fingerprint density at radius 1 is 1.43 bits per heavy atom. The SMILES string of the molecule is Cc1cccc(Cc2noc(=O)o2)c1. The molecule has 0 amide bonds. The van der Waals surface area contributed by atoms with Gasteiger partial charge in [0, 0.05) is 0 Å². The van der Waals surface area contributed by atoms with Crippen LogP contribution in [0.25, 0.3) is 0 Å². The molecule has 0 radical (unpaired) electrons. The molecule has 0 saturated heterocycles. The minimum atomic E-state index is -0.757. The number of hydrogen-bond acceptors (Lipinski definition) is 4. The van der Waals surface area contributed by atoms with Gasteiger partial charge in [-0.1, -0.05) is 29.8 Å². The van der Waals surface area contributed by atoms with Crippen molar-refractivity contribution in [2.75, 3.05) is 0 Å². The van der Waals surface area contributed by atoms with Gasteiger partial charge in [-0.25, -0.2) is 4.79 Å². The fourth-order valence-electron chi connectivity index (χ4n) is 1.29. The number of rotatable bonds is 2. The quantitative estimate of drug-likeness (QED) is 0.722. The Morgan fingerprint density at radius 3 is 2.93 bits per heavy atom. The molecule has 1 aromatic heterocycles. The van der Waals surface area contributed by atoms with Crippen molar-refractivity contribution in [2.45, 2.75) is 13.3 Å². The maximum atomic E-state index is 10.6. The smallest absolute Gasteiger partial charge is 0.375 e. The average molecular weight is 191 g/mol. The first-order chi connectivity index (χ1) is 6.74. The Morgan fingerprint density at radius 2 is 2.29 bits per heavy atom. The highest BCUT2D eigenvalue weighted by Gasteiger charge is 2.04. The number of aryl methyl sites for hydroxylation is 1. The van der Waals surface area contributed by atoms with E-state index in [9.17, 15) is 4.79 Å². The van der Waals surface area contributed by atoms with E-state index in [-0.39, 0.29) is 0 Å². The first-order valence-corrected chi connectivity index (χ1v) is 4.25. The van der Waals surface area contributed by atoms with Gasteiger partial charge >= 0.3 is 5.82 Å². The van der Waals surface area contributed by atoms with Gasteiger partial charge in [0.1, 0.15) is 0 Å². The molecule has 2 rings (SSSR count). The Balaban J connectivity index is 2.22. The predicted molar refractivity (Wildman–Crippen MR) is 49.0 cm³/mol. The lowest BCUT2D eigenvalue weighted by Gasteiger charge is -1.97. The Labute approximate surface area is 80.2 Å². The molecule has 1 heterocycles. The van der Waals surface area contributed by atoms with Gasteiger partial charge in [-0.05, 0) is 17.6 Å². The highest BCUT2D eigenvalue weighted by atomic mass is 16.6. The maximum absolute atomic E-state index is 10.6. The highest BCUT2D eigenvalue weighted by Crippen LogP contribution is 2.08. The minimum absolute atomic E-state index is 0.306. The summed E-state index contributed by atoms with van der Waals surface area (Å²) in [5.41, 5.74) is 2.20. The molecular weight excluding hydrogens is 182 g/mol. The number of aromatic nitrogens is 1. The van der Waals surface area contributed by atoms with Crippen LogP contribution in [-0.4, -0.2) is 5.16 Å². The number of benzene rings is 1. The van der Waals surface area contributed by atoms with Crippen molar-refractivity contribution in [1.29, 1.82) is 0 Å². The Kier molecular flexibility index (Phi) is 2.18. The summed E-state index contributed by atoms with van der Waals surface area (Å²) in [5, 5.41) is 3.49. The molecule has 0 aliphatic rings. The topological polar surface area (TPSA) is 56.2 Å². The van der Waals surface area contributed by atoms with Crippen LogP contribution in [-0.2, 0) is 6.42 Å². The zero-order valence-electron chi connectivity index (χ0n) is 7.69. The molecule has 0 N–H and O–H groups in total. The van der Waals surface area contributed by atoms with Crippen LogP contribution in [0.2, 0.25) is 0 Å². The summed E-state index contributed by atoms with van der Waals surface area (Å²) in [7, 11) is 0. The summed E-state index contributed by atoms with van der Waals surface area (Å²) in [5.74, 6) is -0.451. The first-order valence-electron chi connectivity index (χ1n) is 4.25. The van der Waals surface area contributed by atoms with E-state index in [0.717, 1.165) is 11.1 Å². The molecule has 0 saturated carbocycles. The van der Waals surface area contributed by atoms with Gasteiger partial charge < -0.3 is 4.42 Å². The van der Waals surface area contributed by atoms with Crippen LogP contribution in [0.15, 0.2) is 38.0 Å². The van der Waals surface area contributed by atoms with E-state index < -0.39 is 5.82 Å². The lowest BCUT2D eigenvalue weighted by molar-refractivity contribution is 0.334. The summed E-state index contributed by atoms with van der Waals surface area (Å²) >= 11 is 0. The van der Waals surface area contributed by atoms with Crippen LogP contribution < -0.4 is 5.82 Å². The molecule has 0 fully saturated rings. The molecule has 14 heavy (non-hydrogen) atoms. The van der Waals surface area contributed by atoms with E-state index in [4.69, 9.17) is 4.42 Å². The van der Waals surface area contributed by atoms with Crippen LogP contribution in [0.4, 0.5) is 0 Å². The summed E-state index contributed by atoms with van der Waals surface area (Å²) in [4.78, 5) is 10.6. The van der Waals surface area contributed by atoms with Crippen molar-refractivity contribution in [1.82, 2.24) is 5.16 Å². The van der Waals surface area contributed by atoms with E-state index in [0.29, 0.717) is 12.3 Å². The van der Waals surface area contributed by atoms with Crippen LogP contribution >= 0.6 is 0 Å². The van der Waals surface area contributed by atoms with Crippen LogP contribution in [0.5, 0.6) is 0 Å². The predicted octanol–water partition coefficient (Wildman–Crippen LogP) is 1.53. The third kappa shape index (κ3) is 1.90. The number of nitrogens with zero attached hydrogens (tertiary/aromatic N) is 1. The van der Waals surface area contributed by atoms with Gasteiger partial charge in [0.25, 0.3) is 0 Å². The lowest BCUT2D eigenvalue weighted by Crippen LogP contribution is -1.90. The van der Waals surface area contributed by atoms with E-state index in [2.05, 4.69) is 9.68 Å². The van der Waals surface area contributed by atoms with Crippen molar-refractivity contribution in [3.05, 3.63) is 51.9 Å². The van der Waals surface area contributed by atoms with Crippen molar-refractivity contribution >= 4 is 0 Å². The average Bonchev–Trinajstić information content (AvgIpc) is 2.51. The molecular formula is C10H9NO3. The zero-order valence-corrected chi connectivity index (χ0v) is 7.69. The normalized spacial score (nSPS) is 10.4. The minimum Gasteiger partial charge on any atom is -0.375 e. The molecule has 0 aliphatic heterocycles. The second-order valence-electron chi connectivity index (χ2n) is 3.09. The molecule has 0 unspecified atom stereocenters. The summed E-state index contributed by atoms with van der Waals surface area (Å²) in [6.07, 6.45) is 0.480. The molecule has 4 heteroatoms. The summed E-state index contributed by atoms with van der Waals surface area (Å²) in [6.45, 7) is 2.00. The first kappa shape index (κ1) is 8.74. The second kappa shape index (κ2) is 3.49. The maximum Gasteiger partial charge on any atom is 0.542 e. The van der Waals surface area contributed by atoms with Gasteiger partial charge in [-0.2, -0.15) is 0 Å². The van der Waals surface area contributed by atoms with Crippen LogP contribution in [0.1, 0.15) is 17.0 Å². The van der Waals surface area contributed by atoms with Crippen molar-refractivity contribution in [3.63, 3.8) is 0 Å². The molecule has 0 aliphatic carbocycles. The fraction of sp³-hybridized carbons (Fsp3) is 0.200. The van der Waals surface area contributed by atoms with E-state index in [1.807, 2.05) is 31.2 Å². The molecule has 0 bridgehead atoms. The third-order valence-electron chi connectivity index (χ3n) is 1.86. The van der Waals surface area contributed by atoms with Gasteiger partial charge in [0.05, 0.1) is 6.42 Å². The molecule has 72 valence electrons. The molecule has 0 atom stereocenters. The zero-order chi connectivity index (χ0) is 9.97. The highest BCUT2D eigenvalue weighted by molar-refractivity contribution is 5.23. The van der Waals surface area contributed by atoms with Gasteiger partial charge in [-0.3, -0.25) is 4.52 Å². The monoisotopic (exact) mass is 191 g/mol. The van der Waals surface area contributed by atoms with Crippen LogP contribution in [0.3, 0.4) is 0 Å².